The van der Waals surface area contributed by atoms with Gasteiger partial charge in [0.1, 0.15) is 0 Å². The van der Waals surface area contributed by atoms with Gasteiger partial charge in [-0.25, -0.2) is 0 Å². The fraction of sp³-hybridized carbons (Fsp3) is 0.294. The molecule has 0 atom stereocenters. The molecule has 4 heteroatoms. The lowest BCUT2D eigenvalue weighted by molar-refractivity contribution is -0.116. The number of aryl methyl sites for hydroxylation is 1. The Bertz CT molecular complexity index is 552. The lowest BCUT2D eigenvalue weighted by Crippen LogP contribution is -2.21. The standard InChI is InChI=1S/C17H21N3O/c1-2-14-6-8-15(9-7-14)20-17(21)10-12-18-13-16-5-3-4-11-19-16/h3-9,11,18H,2,10,12-13H2,1H3,(H,20,21). The quantitative estimate of drug-likeness (QED) is 0.768. The van der Waals surface area contributed by atoms with E-state index in [0.29, 0.717) is 19.5 Å². The van der Waals surface area contributed by atoms with E-state index in [1.54, 1.807) is 6.20 Å². The number of carbonyl (C=O) groups excluding carboxylic acids is 1. The number of benzene rings is 1. The fourth-order valence-corrected chi connectivity index (χ4v) is 1.97. The molecule has 0 unspecified atom stereocenters. The molecule has 0 bridgehead atoms. The van der Waals surface area contributed by atoms with Gasteiger partial charge in [0, 0.05) is 31.4 Å². The van der Waals surface area contributed by atoms with Crippen molar-refractivity contribution in [2.75, 3.05) is 11.9 Å². The smallest absolute Gasteiger partial charge is 0.225 e. The van der Waals surface area contributed by atoms with Gasteiger partial charge in [-0.3, -0.25) is 9.78 Å². The van der Waals surface area contributed by atoms with Gasteiger partial charge >= 0.3 is 0 Å². The molecule has 1 aromatic carbocycles. The van der Waals surface area contributed by atoms with Crippen LogP contribution in [0.5, 0.6) is 0 Å². The number of pyridine rings is 1. The van der Waals surface area contributed by atoms with Crippen LogP contribution in [0.15, 0.2) is 48.7 Å². The molecule has 21 heavy (non-hydrogen) atoms. The van der Waals surface area contributed by atoms with Gasteiger partial charge in [-0.2, -0.15) is 0 Å². The summed E-state index contributed by atoms with van der Waals surface area (Å²) in [6, 6.07) is 13.8. The first kappa shape index (κ1) is 15.2. The maximum Gasteiger partial charge on any atom is 0.225 e. The van der Waals surface area contributed by atoms with E-state index < -0.39 is 0 Å². The highest BCUT2D eigenvalue weighted by Gasteiger charge is 2.02. The molecule has 0 aliphatic heterocycles. The molecule has 1 amide bonds. The Morgan fingerprint density at radius 2 is 1.95 bits per heavy atom. The number of aromatic nitrogens is 1. The van der Waals surface area contributed by atoms with Crippen molar-refractivity contribution < 1.29 is 4.79 Å². The summed E-state index contributed by atoms with van der Waals surface area (Å²) >= 11 is 0. The molecule has 2 rings (SSSR count). The first-order valence-corrected chi connectivity index (χ1v) is 7.27. The van der Waals surface area contributed by atoms with Gasteiger partial charge in [0.2, 0.25) is 5.91 Å². The molecule has 0 aliphatic carbocycles. The zero-order valence-corrected chi connectivity index (χ0v) is 12.3. The summed E-state index contributed by atoms with van der Waals surface area (Å²) in [6.45, 7) is 3.43. The normalized spacial score (nSPS) is 10.3. The van der Waals surface area contributed by atoms with E-state index >= 15 is 0 Å². The van der Waals surface area contributed by atoms with Crippen LogP contribution >= 0.6 is 0 Å². The van der Waals surface area contributed by atoms with Crippen LogP contribution in [0.3, 0.4) is 0 Å². The number of rotatable bonds is 7. The highest BCUT2D eigenvalue weighted by atomic mass is 16.1. The summed E-state index contributed by atoms with van der Waals surface area (Å²) in [7, 11) is 0. The average Bonchev–Trinajstić information content (AvgIpc) is 2.53. The fourth-order valence-electron chi connectivity index (χ4n) is 1.97. The molecule has 0 aliphatic rings. The van der Waals surface area contributed by atoms with Gasteiger partial charge in [-0.05, 0) is 36.2 Å². The minimum atomic E-state index is 0.0211. The Balaban J connectivity index is 1.67. The summed E-state index contributed by atoms with van der Waals surface area (Å²) in [5, 5.41) is 6.11. The Kier molecular flexibility index (Phi) is 5.91. The molecular weight excluding hydrogens is 262 g/mol. The Morgan fingerprint density at radius 1 is 1.14 bits per heavy atom. The molecule has 0 saturated carbocycles. The first-order chi connectivity index (χ1) is 10.3. The van der Waals surface area contributed by atoms with Crippen molar-refractivity contribution in [3.63, 3.8) is 0 Å². The molecule has 4 nitrogen and oxygen atoms in total. The average molecular weight is 283 g/mol. The molecule has 2 N–H and O–H groups in total. The Morgan fingerprint density at radius 3 is 2.62 bits per heavy atom. The predicted octanol–water partition coefficient (Wildman–Crippen LogP) is 2.76. The molecule has 1 aromatic heterocycles. The lowest BCUT2D eigenvalue weighted by atomic mass is 10.1. The van der Waals surface area contributed by atoms with Crippen molar-refractivity contribution >= 4 is 11.6 Å². The summed E-state index contributed by atoms with van der Waals surface area (Å²) in [6.07, 6.45) is 3.22. The highest BCUT2D eigenvalue weighted by Crippen LogP contribution is 2.10. The van der Waals surface area contributed by atoms with Gasteiger partial charge in [0.05, 0.1) is 5.69 Å². The maximum absolute atomic E-state index is 11.8. The second kappa shape index (κ2) is 8.17. The maximum atomic E-state index is 11.8. The van der Waals surface area contributed by atoms with Crippen molar-refractivity contribution in [1.29, 1.82) is 0 Å². The van der Waals surface area contributed by atoms with Crippen LogP contribution < -0.4 is 10.6 Å². The molecule has 1 heterocycles. The molecule has 110 valence electrons. The summed E-state index contributed by atoms with van der Waals surface area (Å²) in [5.41, 5.74) is 3.10. The van der Waals surface area contributed by atoms with E-state index in [1.807, 2.05) is 42.5 Å². The van der Waals surface area contributed by atoms with E-state index in [4.69, 9.17) is 0 Å². The minimum Gasteiger partial charge on any atom is -0.326 e. The molecule has 0 fully saturated rings. The van der Waals surface area contributed by atoms with E-state index in [-0.39, 0.29) is 5.91 Å². The monoisotopic (exact) mass is 283 g/mol. The van der Waals surface area contributed by atoms with Crippen LogP contribution in [0.2, 0.25) is 0 Å². The zero-order valence-electron chi connectivity index (χ0n) is 12.3. The minimum absolute atomic E-state index is 0.0211. The van der Waals surface area contributed by atoms with Gasteiger partial charge < -0.3 is 10.6 Å². The molecule has 0 radical (unpaired) electrons. The van der Waals surface area contributed by atoms with Crippen molar-refractivity contribution in [2.45, 2.75) is 26.3 Å². The number of hydrogen-bond acceptors (Lipinski definition) is 3. The third-order valence-corrected chi connectivity index (χ3v) is 3.21. The molecular formula is C17H21N3O. The number of hydrogen-bond donors (Lipinski definition) is 2. The van der Waals surface area contributed by atoms with Crippen molar-refractivity contribution in [3.05, 3.63) is 59.9 Å². The second-order valence-corrected chi connectivity index (χ2v) is 4.85. The molecule has 0 saturated heterocycles. The SMILES string of the molecule is CCc1ccc(NC(=O)CCNCc2ccccn2)cc1. The number of anilines is 1. The number of amides is 1. The lowest BCUT2D eigenvalue weighted by Gasteiger charge is -2.07. The summed E-state index contributed by atoms with van der Waals surface area (Å²) < 4.78 is 0. The van der Waals surface area contributed by atoms with Crippen LogP contribution in [-0.2, 0) is 17.8 Å². The van der Waals surface area contributed by atoms with Crippen LogP contribution in [0.1, 0.15) is 24.6 Å². The zero-order chi connectivity index (χ0) is 14.9. The largest absolute Gasteiger partial charge is 0.326 e. The number of nitrogens with zero attached hydrogens (tertiary/aromatic N) is 1. The van der Waals surface area contributed by atoms with Gasteiger partial charge in [0.25, 0.3) is 0 Å². The predicted molar refractivity (Wildman–Crippen MR) is 85.0 cm³/mol. The molecule has 0 spiro atoms. The van der Waals surface area contributed by atoms with Gasteiger partial charge in [-0.15, -0.1) is 0 Å². The van der Waals surface area contributed by atoms with Crippen LogP contribution in [0.4, 0.5) is 5.69 Å². The number of carbonyl (C=O) groups is 1. The van der Waals surface area contributed by atoms with Crippen molar-refractivity contribution in [1.82, 2.24) is 10.3 Å². The second-order valence-electron chi connectivity index (χ2n) is 4.85. The third-order valence-electron chi connectivity index (χ3n) is 3.21. The van der Waals surface area contributed by atoms with Crippen molar-refractivity contribution in [2.24, 2.45) is 0 Å². The van der Waals surface area contributed by atoms with Crippen LogP contribution in [0.25, 0.3) is 0 Å². The summed E-state index contributed by atoms with van der Waals surface area (Å²) in [4.78, 5) is 16.0. The molecule has 2 aromatic rings. The van der Waals surface area contributed by atoms with Gasteiger partial charge in [0.15, 0.2) is 0 Å². The van der Waals surface area contributed by atoms with Crippen LogP contribution in [0, 0.1) is 0 Å². The Labute approximate surface area is 125 Å². The van der Waals surface area contributed by atoms with Gasteiger partial charge in [-0.1, -0.05) is 25.1 Å². The van der Waals surface area contributed by atoms with E-state index in [2.05, 4.69) is 22.5 Å². The van der Waals surface area contributed by atoms with Crippen LogP contribution in [-0.4, -0.2) is 17.4 Å². The van der Waals surface area contributed by atoms with E-state index in [0.717, 1.165) is 17.8 Å². The topological polar surface area (TPSA) is 54.0 Å². The summed E-state index contributed by atoms with van der Waals surface area (Å²) in [5.74, 6) is 0.0211. The van der Waals surface area contributed by atoms with Crippen molar-refractivity contribution in [3.8, 4) is 0 Å². The third kappa shape index (κ3) is 5.36. The van der Waals surface area contributed by atoms with E-state index in [1.165, 1.54) is 5.56 Å². The first-order valence-electron chi connectivity index (χ1n) is 7.27. The highest BCUT2D eigenvalue weighted by molar-refractivity contribution is 5.90. The van der Waals surface area contributed by atoms with E-state index in [9.17, 15) is 4.79 Å². The Hall–Kier alpha value is -2.20. The number of nitrogens with one attached hydrogen (secondary N) is 2.